The van der Waals surface area contributed by atoms with Gasteiger partial charge in [0.1, 0.15) is 0 Å². The first-order valence-electron chi connectivity index (χ1n) is 9.06. The number of aromatic nitrogens is 3. The zero-order chi connectivity index (χ0) is 20.4. The van der Waals surface area contributed by atoms with Crippen LogP contribution in [0.5, 0.6) is 0 Å². The number of carbonyl (C=O) groups is 1. The van der Waals surface area contributed by atoms with Gasteiger partial charge in [0.25, 0.3) is 5.91 Å². The summed E-state index contributed by atoms with van der Waals surface area (Å²) in [5.74, 6) is -0.486. The second kappa shape index (κ2) is 7.96. The number of anilines is 1. The van der Waals surface area contributed by atoms with Gasteiger partial charge in [-0.3, -0.25) is 20.1 Å². The second-order valence-corrected chi connectivity index (χ2v) is 7.68. The Labute approximate surface area is 168 Å². The zero-order valence-corrected chi connectivity index (χ0v) is 16.1. The summed E-state index contributed by atoms with van der Waals surface area (Å²) in [5.41, 5.74) is 1.28. The van der Waals surface area contributed by atoms with Gasteiger partial charge in [-0.05, 0) is 49.7 Å². The molecule has 0 unspecified atom stereocenters. The van der Waals surface area contributed by atoms with Crippen LogP contribution in [0.3, 0.4) is 0 Å². The molecule has 1 aromatic carbocycles. The number of likely N-dealkylation sites (tertiary alicyclic amines) is 1. The monoisotopic (exact) mass is 421 g/mol. The maximum Gasteiger partial charge on any atom is 0.416 e. The van der Waals surface area contributed by atoms with Gasteiger partial charge < -0.3 is 0 Å². The minimum Gasteiger partial charge on any atom is -0.298 e. The molecule has 10 heteroatoms. The fourth-order valence-corrected chi connectivity index (χ4v) is 4.17. The van der Waals surface area contributed by atoms with Crippen LogP contribution in [0.25, 0.3) is 0 Å². The Morgan fingerprint density at radius 3 is 2.76 bits per heavy atom. The highest BCUT2D eigenvalue weighted by Crippen LogP contribution is 2.34. The molecule has 6 nitrogen and oxygen atoms in total. The van der Waals surface area contributed by atoms with E-state index in [4.69, 9.17) is 0 Å². The van der Waals surface area contributed by atoms with Crippen LogP contribution in [0.2, 0.25) is 0 Å². The second-order valence-electron chi connectivity index (χ2n) is 6.82. The summed E-state index contributed by atoms with van der Waals surface area (Å²) in [6.07, 6.45) is -0.672. The number of benzene rings is 1. The van der Waals surface area contributed by atoms with Gasteiger partial charge >= 0.3 is 6.18 Å². The standard InChI is InChI=1S/C19H18F3N5OS/c20-19(21,22)13-5-3-12(4-6-13)17(28)25-18-24-15(11-29-18)16-2-1-9-27(16)10-14-7-8-23-26-14/h3-8,11,16H,1-2,9-10H2,(H,23,26)(H,24,25,28)/t16-/m0/s1. The molecule has 29 heavy (non-hydrogen) atoms. The van der Waals surface area contributed by atoms with Gasteiger partial charge in [-0.15, -0.1) is 11.3 Å². The van der Waals surface area contributed by atoms with Crippen LogP contribution < -0.4 is 5.32 Å². The lowest BCUT2D eigenvalue weighted by molar-refractivity contribution is -0.137. The molecule has 1 fully saturated rings. The van der Waals surface area contributed by atoms with E-state index in [-0.39, 0.29) is 11.6 Å². The molecule has 3 heterocycles. The lowest BCUT2D eigenvalue weighted by Crippen LogP contribution is -2.23. The molecule has 3 aromatic rings. The summed E-state index contributed by atoms with van der Waals surface area (Å²) < 4.78 is 38.0. The third kappa shape index (κ3) is 4.48. The first-order chi connectivity index (χ1) is 13.9. The Balaban J connectivity index is 1.41. The molecule has 0 bridgehead atoms. The fraction of sp³-hybridized carbons (Fsp3) is 0.316. The van der Waals surface area contributed by atoms with Crippen molar-refractivity contribution in [3.8, 4) is 0 Å². The highest BCUT2D eigenvalue weighted by atomic mass is 32.1. The number of nitrogens with zero attached hydrogens (tertiary/aromatic N) is 3. The van der Waals surface area contributed by atoms with Crippen molar-refractivity contribution in [3.63, 3.8) is 0 Å². The van der Waals surface area contributed by atoms with Crippen LogP contribution in [0, 0.1) is 0 Å². The Morgan fingerprint density at radius 1 is 1.28 bits per heavy atom. The van der Waals surface area contributed by atoms with E-state index in [1.807, 2.05) is 11.4 Å². The summed E-state index contributed by atoms with van der Waals surface area (Å²) in [6, 6.07) is 6.21. The maximum atomic E-state index is 12.7. The van der Waals surface area contributed by atoms with Crippen LogP contribution in [-0.4, -0.2) is 32.5 Å². The molecule has 1 atom stereocenters. The molecular weight excluding hydrogens is 403 g/mol. The highest BCUT2D eigenvalue weighted by Gasteiger charge is 2.30. The zero-order valence-electron chi connectivity index (χ0n) is 15.2. The molecule has 2 aromatic heterocycles. The lowest BCUT2D eigenvalue weighted by Gasteiger charge is -2.22. The van der Waals surface area contributed by atoms with Crippen molar-refractivity contribution >= 4 is 22.4 Å². The van der Waals surface area contributed by atoms with Crippen LogP contribution in [0.1, 0.15) is 46.2 Å². The van der Waals surface area contributed by atoms with Crippen molar-refractivity contribution < 1.29 is 18.0 Å². The van der Waals surface area contributed by atoms with E-state index < -0.39 is 17.6 Å². The minimum absolute atomic E-state index is 0.150. The Kier molecular flexibility index (Phi) is 5.37. The van der Waals surface area contributed by atoms with Gasteiger partial charge in [0.05, 0.1) is 17.3 Å². The number of halogens is 3. The van der Waals surface area contributed by atoms with E-state index in [0.717, 1.165) is 61.6 Å². The molecule has 4 rings (SSSR count). The predicted octanol–water partition coefficient (Wildman–Crippen LogP) is 4.47. The third-order valence-electron chi connectivity index (χ3n) is 4.85. The number of alkyl halides is 3. The Morgan fingerprint density at radius 2 is 2.07 bits per heavy atom. The first-order valence-corrected chi connectivity index (χ1v) is 9.94. The number of carbonyl (C=O) groups excluding carboxylic acids is 1. The van der Waals surface area contributed by atoms with Gasteiger partial charge in [0.2, 0.25) is 0 Å². The van der Waals surface area contributed by atoms with Crippen LogP contribution in [0.4, 0.5) is 18.3 Å². The lowest BCUT2D eigenvalue weighted by atomic mass is 10.1. The molecule has 1 aliphatic rings. The van der Waals surface area contributed by atoms with Crippen LogP contribution in [-0.2, 0) is 12.7 Å². The van der Waals surface area contributed by atoms with E-state index in [0.29, 0.717) is 5.13 Å². The number of H-pyrrole nitrogens is 1. The van der Waals surface area contributed by atoms with E-state index in [9.17, 15) is 18.0 Å². The summed E-state index contributed by atoms with van der Waals surface area (Å²) in [7, 11) is 0. The maximum absolute atomic E-state index is 12.7. The molecule has 152 valence electrons. The minimum atomic E-state index is -4.43. The average Bonchev–Trinajstić information content (AvgIpc) is 3.43. The molecule has 0 radical (unpaired) electrons. The average molecular weight is 421 g/mol. The van der Waals surface area contributed by atoms with E-state index >= 15 is 0 Å². The molecule has 1 aliphatic heterocycles. The molecule has 2 N–H and O–H groups in total. The van der Waals surface area contributed by atoms with Crippen LogP contribution in [0.15, 0.2) is 41.9 Å². The van der Waals surface area contributed by atoms with Gasteiger partial charge in [-0.1, -0.05) is 0 Å². The molecule has 0 spiro atoms. The summed E-state index contributed by atoms with van der Waals surface area (Å²) in [5, 5.41) is 12.0. The topological polar surface area (TPSA) is 73.9 Å². The largest absolute Gasteiger partial charge is 0.416 e. The fourth-order valence-electron chi connectivity index (χ4n) is 3.42. The van der Waals surface area contributed by atoms with Crippen molar-refractivity contribution in [1.82, 2.24) is 20.1 Å². The molecule has 1 saturated heterocycles. The van der Waals surface area contributed by atoms with Crippen molar-refractivity contribution in [1.29, 1.82) is 0 Å². The van der Waals surface area contributed by atoms with Gasteiger partial charge in [0, 0.05) is 29.4 Å². The number of amides is 1. The number of thiazole rings is 1. The molecule has 0 aliphatic carbocycles. The summed E-state index contributed by atoms with van der Waals surface area (Å²) in [4.78, 5) is 19.2. The van der Waals surface area contributed by atoms with Crippen molar-refractivity contribution in [2.75, 3.05) is 11.9 Å². The predicted molar refractivity (Wildman–Crippen MR) is 102 cm³/mol. The number of hydrogen-bond donors (Lipinski definition) is 2. The van der Waals surface area contributed by atoms with Gasteiger partial charge in [-0.2, -0.15) is 18.3 Å². The first kappa shape index (κ1) is 19.6. The smallest absolute Gasteiger partial charge is 0.298 e. The van der Waals surface area contributed by atoms with E-state index in [2.05, 4.69) is 25.4 Å². The SMILES string of the molecule is O=C(Nc1nc([C@@H]2CCCN2Cc2ccn[nH]2)cs1)c1ccc(C(F)(F)F)cc1. The van der Waals surface area contributed by atoms with Crippen molar-refractivity contribution in [2.24, 2.45) is 0 Å². The highest BCUT2D eigenvalue weighted by molar-refractivity contribution is 7.14. The third-order valence-corrected chi connectivity index (χ3v) is 5.63. The normalized spacial score (nSPS) is 17.6. The number of aromatic amines is 1. The summed E-state index contributed by atoms with van der Waals surface area (Å²) >= 11 is 1.31. The van der Waals surface area contributed by atoms with Crippen LogP contribution >= 0.6 is 11.3 Å². The quantitative estimate of drug-likeness (QED) is 0.637. The summed E-state index contributed by atoms with van der Waals surface area (Å²) in [6.45, 7) is 1.70. The Hall–Kier alpha value is -2.72. The number of rotatable bonds is 5. The van der Waals surface area contributed by atoms with Crippen molar-refractivity contribution in [3.05, 3.63) is 64.4 Å². The number of hydrogen-bond acceptors (Lipinski definition) is 5. The van der Waals surface area contributed by atoms with Gasteiger partial charge in [0.15, 0.2) is 5.13 Å². The van der Waals surface area contributed by atoms with Crippen molar-refractivity contribution in [2.45, 2.75) is 31.6 Å². The Bertz CT molecular complexity index is 969. The number of nitrogens with one attached hydrogen (secondary N) is 2. The van der Waals surface area contributed by atoms with E-state index in [1.54, 1.807) is 6.20 Å². The molecule has 0 saturated carbocycles. The van der Waals surface area contributed by atoms with Gasteiger partial charge in [-0.25, -0.2) is 4.98 Å². The molecule has 1 amide bonds. The molecular formula is C19H18F3N5OS. The van der Waals surface area contributed by atoms with E-state index in [1.165, 1.54) is 11.3 Å².